The van der Waals surface area contributed by atoms with Gasteiger partial charge in [0.1, 0.15) is 12.0 Å². The maximum atomic E-state index is 11.8. The molecule has 0 aliphatic carbocycles. The van der Waals surface area contributed by atoms with Crippen molar-refractivity contribution >= 4 is 11.6 Å². The molecule has 0 aliphatic rings. The first-order valence-corrected chi connectivity index (χ1v) is 5.33. The number of anilines is 1. The Hall–Kier alpha value is -2.74. The smallest absolute Gasteiger partial charge is 0.274 e. The van der Waals surface area contributed by atoms with Crippen molar-refractivity contribution < 1.29 is 4.79 Å². The molecule has 2 aromatic rings. The van der Waals surface area contributed by atoms with Crippen LogP contribution in [0.25, 0.3) is 0 Å². The van der Waals surface area contributed by atoms with Crippen molar-refractivity contribution in [3.63, 3.8) is 0 Å². The van der Waals surface area contributed by atoms with E-state index in [1.165, 1.54) is 12.5 Å². The Kier molecular flexibility index (Phi) is 3.62. The summed E-state index contributed by atoms with van der Waals surface area (Å²) in [5.74, 6) is -0.287. The lowest BCUT2D eigenvalue weighted by Crippen LogP contribution is -2.13. The van der Waals surface area contributed by atoms with Gasteiger partial charge in [0, 0.05) is 11.9 Å². The normalized spacial score (nSPS) is 9.50. The number of nitriles is 1. The van der Waals surface area contributed by atoms with Crippen LogP contribution in [0.15, 0.2) is 42.9 Å². The Morgan fingerprint density at radius 3 is 2.67 bits per heavy atom. The molecule has 0 fully saturated rings. The third kappa shape index (κ3) is 2.89. The van der Waals surface area contributed by atoms with Crippen LogP contribution in [0.3, 0.4) is 0 Å². The van der Waals surface area contributed by atoms with Gasteiger partial charge in [-0.1, -0.05) is 12.1 Å². The van der Waals surface area contributed by atoms with Gasteiger partial charge < -0.3 is 5.32 Å². The predicted octanol–water partition coefficient (Wildman–Crippen LogP) is 1.79. The lowest BCUT2D eigenvalue weighted by atomic mass is 10.1. The van der Waals surface area contributed by atoms with Crippen molar-refractivity contribution in [3.8, 4) is 6.07 Å². The number of benzene rings is 1. The first-order chi connectivity index (χ1) is 8.79. The standard InChI is InChI=1S/C13H10N4O/c14-7-5-10-1-3-11(4-2-10)17-13(18)12-6-8-15-9-16-12/h1-4,6,8-9H,5H2,(H,17,18). The van der Waals surface area contributed by atoms with Crippen molar-refractivity contribution in [3.05, 3.63) is 54.1 Å². The molecule has 1 N–H and O–H groups in total. The Bertz CT molecular complexity index is 572. The Morgan fingerprint density at radius 1 is 1.28 bits per heavy atom. The van der Waals surface area contributed by atoms with E-state index in [1.54, 1.807) is 30.3 Å². The fourth-order valence-electron chi connectivity index (χ4n) is 1.42. The van der Waals surface area contributed by atoms with Crippen LogP contribution in [0.5, 0.6) is 0 Å². The molecule has 5 heteroatoms. The summed E-state index contributed by atoms with van der Waals surface area (Å²) in [5, 5.41) is 11.3. The summed E-state index contributed by atoms with van der Waals surface area (Å²) in [6.07, 6.45) is 3.20. The molecule has 0 spiro atoms. The fraction of sp³-hybridized carbons (Fsp3) is 0.0769. The topological polar surface area (TPSA) is 78.7 Å². The van der Waals surface area contributed by atoms with Crippen molar-refractivity contribution in [1.82, 2.24) is 9.97 Å². The Balaban J connectivity index is 2.06. The quantitative estimate of drug-likeness (QED) is 0.884. The largest absolute Gasteiger partial charge is 0.321 e. The number of hydrogen-bond donors (Lipinski definition) is 1. The molecule has 1 heterocycles. The molecule has 0 unspecified atom stereocenters. The van der Waals surface area contributed by atoms with Crippen molar-refractivity contribution in [1.29, 1.82) is 5.26 Å². The summed E-state index contributed by atoms with van der Waals surface area (Å²) in [6.45, 7) is 0. The molecule has 0 bridgehead atoms. The number of nitrogens with zero attached hydrogens (tertiary/aromatic N) is 3. The molecule has 5 nitrogen and oxygen atoms in total. The van der Waals surface area contributed by atoms with E-state index in [0.29, 0.717) is 17.8 Å². The molecular weight excluding hydrogens is 228 g/mol. The minimum Gasteiger partial charge on any atom is -0.321 e. The molecular formula is C13H10N4O. The molecule has 0 aliphatic heterocycles. The predicted molar refractivity (Wildman–Crippen MR) is 65.7 cm³/mol. The SMILES string of the molecule is N#CCc1ccc(NC(=O)c2ccncn2)cc1. The van der Waals surface area contributed by atoms with Gasteiger partial charge in [-0.3, -0.25) is 4.79 Å². The Labute approximate surface area is 104 Å². The van der Waals surface area contributed by atoms with Crippen LogP contribution in [0, 0.1) is 11.3 Å². The van der Waals surface area contributed by atoms with E-state index in [1.807, 2.05) is 0 Å². The maximum Gasteiger partial charge on any atom is 0.274 e. The zero-order valence-electron chi connectivity index (χ0n) is 9.50. The second-order valence-corrected chi connectivity index (χ2v) is 3.58. The van der Waals surface area contributed by atoms with Gasteiger partial charge in [0.2, 0.25) is 0 Å². The molecule has 0 saturated carbocycles. The van der Waals surface area contributed by atoms with Gasteiger partial charge in [0.05, 0.1) is 12.5 Å². The highest BCUT2D eigenvalue weighted by molar-refractivity contribution is 6.02. The summed E-state index contributed by atoms with van der Waals surface area (Å²) < 4.78 is 0. The number of amides is 1. The van der Waals surface area contributed by atoms with Gasteiger partial charge in [-0.15, -0.1) is 0 Å². The van der Waals surface area contributed by atoms with Gasteiger partial charge >= 0.3 is 0 Å². The van der Waals surface area contributed by atoms with E-state index in [-0.39, 0.29) is 5.91 Å². The number of aromatic nitrogens is 2. The average Bonchev–Trinajstić information content (AvgIpc) is 2.42. The Morgan fingerprint density at radius 2 is 2.06 bits per heavy atom. The first kappa shape index (κ1) is 11.7. The van der Waals surface area contributed by atoms with E-state index in [0.717, 1.165) is 5.56 Å². The molecule has 1 amide bonds. The monoisotopic (exact) mass is 238 g/mol. The number of nitrogens with one attached hydrogen (secondary N) is 1. The van der Waals surface area contributed by atoms with Crippen LogP contribution in [0.2, 0.25) is 0 Å². The van der Waals surface area contributed by atoms with Crippen LogP contribution >= 0.6 is 0 Å². The van der Waals surface area contributed by atoms with Crippen molar-refractivity contribution in [2.75, 3.05) is 5.32 Å². The van der Waals surface area contributed by atoms with Gasteiger partial charge in [0.15, 0.2) is 0 Å². The highest BCUT2D eigenvalue weighted by Crippen LogP contribution is 2.10. The minimum atomic E-state index is -0.287. The van der Waals surface area contributed by atoms with Gasteiger partial charge in [0.25, 0.3) is 5.91 Å². The average molecular weight is 238 g/mol. The maximum absolute atomic E-state index is 11.8. The second-order valence-electron chi connectivity index (χ2n) is 3.58. The third-order valence-electron chi connectivity index (χ3n) is 2.31. The zero-order chi connectivity index (χ0) is 12.8. The van der Waals surface area contributed by atoms with E-state index >= 15 is 0 Å². The number of hydrogen-bond acceptors (Lipinski definition) is 4. The van der Waals surface area contributed by atoms with E-state index in [4.69, 9.17) is 5.26 Å². The van der Waals surface area contributed by atoms with Crippen LogP contribution in [0.1, 0.15) is 16.1 Å². The third-order valence-corrected chi connectivity index (χ3v) is 2.31. The summed E-state index contributed by atoms with van der Waals surface area (Å²) >= 11 is 0. The van der Waals surface area contributed by atoms with E-state index < -0.39 is 0 Å². The van der Waals surface area contributed by atoms with Crippen molar-refractivity contribution in [2.45, 2.75) is 6.42 Å². The molecule has 0 radical (unpaired) electrons. The van der Waals surface area contributed by atoms with Gasteiger partial charge in [-0.2, -0.15) is 5.26 Å². The van der Waals surface area contributed by atoms with Gasteiger partial charge in [-0.05, 0) is 23.8 Å². The summed E-state index contributed by atoms with van der Waals surface area (Å²) in [7, 11) is 0. The highest BCUT2D eigenvalue weighted by Gasteiger charge is 2.06. The summed E-state index contributed by atoms with van der Waals surface area (Å²) in [6, 6.07) is 10.7. The lowest BCUT2D eigenvalue weighted by molar-refractivity contribution is 0.102. The lowest BCUT2D eigenvalue weighted by Gasteiger charge is -2.04. The molecule has 88 valence electrons. The van der Waals surface area contributed by atoms with E-state index in [9.17, 15) is 4.79 Å². The highest BCUT2D eigenvalue weighted by atomic mass is 16.1. The molecule has 18 heavy (non-hydrogen) atoms. The molecule has 1 aromatic carbocycles. The van der Waals surface area contributed by atoms with Crippen LogP contribution in [-0.4, -0.2) is 15.9 Å². The molecule has 0 saturated heterocycles. The number of carbonyl (C=O) groups is 1. The number of carbonyl (C=O) groups excluding carboxylic acids is 1. The number of rotatable bonds is 3. The molecule has 1 aromatic heterocycles. The van der Waals surface area contributed by atoms with Gasteiger partial charge in [-0.25, -0.2) is 9.97 Å². The summed E-state index contributed by atoms with van der Waals surface area (Å²) in [5.41, 5.74) is 1.89. The first-order valence-electron chi connectivity index (χ1n) is 5.33. The van der Waals surface area contributed by atoms with Crippen LogP contribution in [-0.2, 0) is 6.42 Å². The molecule has 2 rings (SSSR count). The molecule has 0 atom stereocenters. The van der Waals surface area contributed by atoms with Crippen LogP contribution < -0.4 is 5.32 Å². The van der Waals surface area contributed by atoms with Crippen LogP contribution in [0.4, 0.5) is 5.69 Å². The zero-order valence-corrected chi connectivity index (χ0v) is 9.50. The fourth-order valence-corrected chi connectivity index (χ4v) is 1.42. The van der Waals surface area contributed by atoms with Crippen molar-refractivity contribution in [2.24, 2.45) is 0 Å². The summed E-state index contributed by atoms with van der Waals surface area (Å²) in [4.78, 5) is 19.4. The second kappa shape index (κ2) is 5.55. The minimum absolute atomic E-state index is 0.287. The van der Waals surface area contributed by atoms with E-state index in [2.05, 4.69) is 21.4 Å².